The van der Waals surface area contributed by atoms with Crippen LogP contribution in [-0.4, -0.2) is 81.1 Å². The summed E-state index contributed by atoms with van der Waals surface area (Å²) < 4.78 is 39.1. The number of aromatic nitrogens is 2. The molecule has 0 N–H and O–H groups in total. The first kappa shape index (κ1) is 29.3. The van der Waals surface area contributed by atoms with Crippen molar-refractivity contribution < 1.29 is 17.9 Å². The fourth-order valence-corrected chi connectivity index (χ4v) is 7.90. The zero-order valence-electron chi connectivity index (χ0n) is 24.5. The van der Waals surface area contributed by atoms with E-state index in [9.17, 15) is 8.42 Å². The lowest BCUT2D eigenvalue weighted by Crippen LogP contribution is -2.52. The molecule has 5 rings (SSSR count). The second-order valence-corrected chi connectivity index (χ2v) is 13.0. The van der Waals surface area contributed by atoms with Gasteiger partial charge in [-0.15, -0.1) is 0 Å². The number of ether oxygens (including phenoxy) is 2. The number of piperidine rings is 1. The summed E-state index contributed by atoms with van der Waals surface area (Å²) in [4.78, 5) is 14.3. The van der Waals surface area contributed by atoms with E-state index in [0.29, 0.717) is 21.8 Å². The van der Waals surface area contributed by atoms with Crippen molar-refractivity contribution in [1.29, 1.82) is 0 Å². The Bertz CT molecular complexity index is 1410. The Hall–Kier alpha value is -3.21. The number of hydrogen-bond donors (Lipinski definition) is 0. The number of nitrogens with zero attached hydrogens (tertiary/aromatic N) is 5. The first-order valence-electron chi connectivity index (χ1n) is 14.4. The summed E-state index contributed by atoms with van der Waals surface area (Å²) in [6.45, 7) is 7.96. The minimum absolute atomic E-state index is 0.0668. The molecule has 2 aliphatic rings. The van der Waals surface area contributed by atoms with Gasteiger partial charge in [0.15, 0.2) is 0 Å². The number of likely N-dealkylation sites (tertiary alicyclic amines) is 1. The number of rotatable bonds is 10. The van der Waals surface area contributed by atoms with Crippen molar-refractivity contribution in [3.63, 3.8) is 0 Å². The SMILES string of the molecule is COc1cc(C)c(S(=O)(=O)N(C)CCOc2nccc(N3CCC(c4ccccc4)(N4CCCC4)CC3)n2)c(C)c1. The number of anilines is 1. The van der Waals surface area contributed by atoms with Gasteiger partial charge in [0, 0.05) is 38.4 Å². The van der Waals surface area contributed by atoms with Crippen LogP contribution < -0.4 is 14.4 Å². The molecule has 3 aromatic rings. The van der Waals surface area contributed by atoms with Crippen molar-refractivity contribution in [3.05, 3.63) is 71.4 Å². The first-order chi connectivity index (χ1) is 19.7. The molecule has 9 nitrogen and oxygen atoms in total. The molecule has 0 amide bonds. The summed E-state index contributed by atoms with van der Waals surface area (Å²) in [5.74, 6) is 1.47. The van der Waals surface area contributed by atoms with Crippen molar-refractivity contribution in [1.82, 2.24) is 19.2 Å². The summed E-state index contributed by atoms with van der Waals surface area (Å²) in [6, 6.07) is 16.6. The van der Waals surface area contributed by atoms with Gasteiger partial charge in [0.2, 0.25) is 10.0 Å². The first-order valence-corrected chi connectivity index (χ1v) is 15.8. The molecule has 0 unspecified atom stereocenters. The highest BCUT2D eigenvalue weighted by atomic mass is 32.2. The minimum Gasteiger partial charge on any atom is -0.497 e. The highest BCUT2D eigenvalue weighted by molar-refractivity contribution is 7.89. The Morgan fingerprint density at radius 3 is 2.27 bits per heavy atom. The fraction of sp³-hybridized carbons (Fsp3) is 0.484. The maximum atomic E-state index is 13.3. The molecule has 1 aromatic heterocycles. The molecule has 0 bridgehead atoms. The fourth-order valence-electron chi connectivity index (χ4n) is 6.34. The van der Waals surface area contributed by atoms with Crippen LogP contribution in [0.4, 0.5) is 5.82 Å². The number of sulfonamides is 1. The van der Waals surface area contributed by atoms with Gasteiger partial charge in [0.25, 0.3) is 0 Å². The maximum Gasteiger partial charge on any atom is 0.318 e. The Labute approximate surface area is 244 Å². The van der Waals surface area contributed by atoms with Gasteiger partial charge in [-0.3, -0.25) is 4.90 Å². The molecule has 0 aliphatic carbocycles. The van der Waals surface area contributed by atoms with Crippen molar-refractivity contribution in [2.24, 2.45) is 0 Å². The summed E-state index contributed by atoms with van der Waals surface area (Å²) >= 11 is 0. The molecule has 2 aromatic carbocycles. The molecule has 0 atom stereocenters. The Morgan fingerprint density at radius 2 is 1.63 bits per heavy atom. The summed E-state index contributed by atoms with van der Waals surface area (Å²) in [5.41, 5.74) is 2.77. The third-order valence-corrected chi connectivity index (χ3v) is 10.7. The molecule has 2 saturated heterocycles. The molecule has 2 fully saturated rings. The van der Waals surface area contributed by atoms with Crippen molar-refractivity contribution >= 4 is 15.8 Å². The normalized spacial score (nSPS) is 17.6. The molecule has 0 radical (unpaired) electrons. The van der Waals surface area contributed by atoms with E-state index in [1.165, 1.54) is 22.7 Å². The van der Waals surface area contributed by atoms with Gasteiger partial charge >= 0.3 is 6.01 Å². The summed E-state index contributed by atoms with van der Waals surface area (Å²) in [7, 11) is -0.570. The third-order valence-electron chi connectivity index (χ3n) is 8.53. The van der Waals surface area contributed by atoms with E-state index in [4.69, 9.17) is 9.47 Å². The van der Waals surface area contributed by atoms with E-state index >= 15 is 0 Å². The predicted octanol–water partition coefficient (Wildman–Crippen LogP) is 4.39. The quantitative estimate of drug-likeness (QED) is 0.350. The van der Waals surface area contributed by atoms with Gasteiger partial charge in [-0.05, 0) is 87.5 Å². The standard InChI is InChI=1S/C31H41N5O4S/c1-24-22-27(39-4)23-25(2)29(24)41(37,38)34(3)20-21-40-30-32-15-12-28(33-30)35-18-13-31(14-19-35,36-16-8-9-17-36)26-10-6-5-7-11-26/h5-7,10-12,15,22-23H,8-9,13-14,16-21H2,1-4H3. The molecule has 0 saturated carbocycles. The van der Waals surface area contributed by atoms with Crippen LogP contribution in [0.5, 0.6) is 11.8 Å². The van der Waals surface area contributed by atoms with Crippen molar-refractivity contribution in [3.8, 4) is 11.8 Å². The van der Waals surface area contributed by atoms with Crippen LogP contribution in [0.3, 0.4) is 0 Å². The van der Waals surface area contributed by atoms with Gasteiger partial charge in [-0.2, -0.15) is 9.29 Å². The monoisotopic (exact) mass is 579 g/mol. The van der Waals surface area contributed by atoms with E-state index < -0.39 is 10.0 Å². The van der Waals surface area contributed by atoms with Crippen LogP contribution in [0.25, 0.3) is 0 Å². The smallest absolute Gasteiger partial charge is 0.318 e. The lowest BCUT2D eigenvalue weighted by Gasteiger charge is -2.48. The van der Waals surface area contributed by atoms with Gasteiger partial charge in [0.05, 0.1) is 12.0 Å². The van der Waals surface area contributed by atoms with E-state index in [-0.39, 0.29) is 24.7 Å². The predicted molar refractivity (Wildman–Crippen MR) is 160 cm³/mol. The van der Waals surface area contributed by atoms with Crippen LogP contribution in [0.1, 0.15) is 42.4 Å². The molecule has 0 spiro atoms. The molecule has 3 heterocycles. The zero-order valence-corrected chi connectivity index (χ0v) is 25.4. The second-order valence-electron chi connectivity index (χ2n) is 11.0. The van der Waals surface area contributed by atoms with Crippen LogP contribution in [0.2, 0.25) is 0 Å². The Kier molecular flexibility index (Phi) is 8.82. The van der Waals surface area contributed by atoms with Gasteiger partial charge in [0.1, 0.15) is 18.2 Å². The number of methoxy groups -OCH3 is 1. The van der Waals surface area contributed by atoms with Crippen LogP contribution in [0.15, 0.2) is 59.6 Å². The number of likely N-dealkylation sites (N-methyl/N-ethyl adjacent to an activating group) is 1. The molecular weight excluding hydrogens is 538 g/mol. The largest absolute Gasteiger partial charge is 0.497 e. The maximum absolute atomic E-state index is 13.3. The van der Waals surface area contributed by atoms with Crippen LogP contribution in [-0.2, 0) is 15.6 Å². The van der Waals surface area contributed by atoms with E-state index in [1.807, 2.05) is 6.07 Å². The third kappa shape index (κ3) is 6.05. The van der Waals surface area contributed by atoms with E-state index in [0.717, 1.165) is 44.8 Å². The van der Waals surface area contributed by atoms with Crippen LogP contribution >= 0.6 is 0 Å². The topological polar surface area (TPSA) is 88.1 Å². The molecular formula is C31H41N5O4S. The number of hydrogen-bond acceptors (Lipinski definition) is 8. The molecule has 2 aliphatic heterocycles. The lowest BCUT2D eigenvalue weighted by atomic mass is 9.79. The molecule has 10 heteroatoms. The summed E-state index contributed by atoms with van der Waals surface area (Å²) in [5, 5.41) is 0. The lowest BCUT2D eigenvalue weighted by molar-refractivity contribution is 0.0846. The van der Waals surface area contributed by atoms with Gasteiger partial charge in [-0.1, -0.05) is 30.3 Å². The zero-order chi connectivity index (χ0) is 29.0. The van der Waals surface area contributed by atoms with Crippen LogP contribution in [0, 0.1) is 13.8 Å². The average molecular weight is 580 g/mol. The van der Waals surface area contributed by atoms with Crippen molar-refractivity contribution in [2.45, 2.75) is 50.0 Å². The van der Waals surface area contributed by atoms with Gasteiger partial charge in [-0.25, -0.2) is 13.4 Å². The second kappa shape index (κ2) is 12.3. The summed E-state index contributed by atoms with van der Waals surface area (Å²) in [6.07, 6.45) is 6.30. The average Bonchev–Trinajstić information content (AvgIpc) is 3.53. The molecule has 41 heavy (non-hydrogen) atoms. The van der Waals surface area contributed by atoms with Crippen molar-refractivity contribution in [2.75, 3.05) is 58.4 Å². The highest BCUT2D eigenvalue weighted by Gasteiger charge is 2.42. The highest BCUT2D eigenvalue weighted by Crippen LogP contribution is 2.41. The number of benzene rings is 2. The Balaban J connectivity index is 1.21. The van der Waals surface area contributed by atoms with E-state index in [1.54, 1.807) is 46.3 Å². The number of aryl methyl sites for hydroxylation is 2. The minimum atomic E-state index is -3.70. The Morgan fingerprint density at radius 1 is 0.976 bits per heavy atom. The van der Waals surface area contributed by atoms with Gasteiger partial charge < -0.3 is 14.4 Å². The van der Waals surface area contributed by atoms with E-state index in [2.05, 4.69) is 50.1 Å². The molecule has 220 valence electrons.